The first kappa shape index (κ1) is 20.0. The minimum absolute atomic E-state index is 0.153. The molecular weight excluding hydrogens is 415 g/mol. The van der Waals surface area contributed by atoms with Crippen molar-refractivity contribution in [2.45, 2.75) is 30.8 Å². The van der Waals surface area contributed by atoms with E-state index in [-0.39, 0.29) is 16.9 Å². The lowest BCUT2D eigenvalue weighted by atomic mass is 10.1. The molecule has 4 aromatic rings. The molecular formula is C23H23FN4O2S. The molecule has 1 aliphatic rings. The van der Waals surface area contributed by atoms with E-state index in [4.69, 9.17) is 0 Å². The molecule has 31 heavy (non-hydrogen) atoms. The van der Waals surface area contributed by atoms with Gasteiger partial charge in [-0.25, -0.2) is 12.8 Å². The van der Waals surface area contributed by atoms with Crippen LogP contribution >= 0.6 is 0 Å². The van der Waals surface area contributed by atoms with Gasteiger partial charge in [0.1, 0.15) is 10.7 Å². The molecule has 0 saturated carbocycles. The molecule has 0 radical (unpaired) electrons. The molecule has 0 bridgehead atoms. The first-order valence-corrected chi connectivity index (χ1v) is 11.7. The van der Waals surface area contributed by atoms with E-state index in [1.165, 1.54) is 22.5 Å². The van der Waals surface area contributed by atoms with Gasteiger partial charge < -0.3 is 4.57 Å². The number of nitrogens with one attached hydrogen (secondary N) is 1. The van der Waals surface area contributed by atoms with Crippen LogP contribution in [0, 0.1) is 11.7 Å². The zero-order valence-corrected chi connectivity index (χ0v) is 17.9. The van der Waals surface area contributed by atoms with E-state index in [1.54, 1.807) is 12.3 Å². The summed E-state index contributed by atoms with van der Waals surface area (Å²) in [5, 5.41) is 7.96. The first-order valence-electron chi connectivity index (χ1n) is 10.3. The van der Waals surface area contributed by atoms with Gasteiger partial charge in [-0.2, -0.15) is 9.40 Å². The lowest BCUT2D eigenvalue weighted by molar-refractivity contribution is 0.396. The number of nitrogens with zero attached hydrogens (tertiary/aromatic N) is 3. The van der Waals surface area contributed by atoms with Crippen molar-refractivity contribution >= 4 is 20.9 Å². The summed E-state index contributed by atoms with van der Waals surface area (Å²) in [7, 11) is -3.86. The second-order valence-corrected chi connectivity index (χ2v) is 10.0. The summed E-state index contributed by atoms with van der Waals surface area (Å²) < 4.78 is 43.9. The predicted octanol–water partition coefficient (Wildman–Crippen LogP) is 4.27. The van der Waals surface area contributed by atoms with E-state index in [2.05, 4.69) is 39.0 Å². The molecule has 0 unspecified atom stereocenters. The van der Waals surface area contributed by atoms with Crippen LogP contribution in [0.25, 0.3) is 22.0 Å². The third kappa shape index (κ3) is 3.55. The topological polar surface area (TPSA) is 71.0 Å². The molecule has 2 atom stereocenters. The minimum atomic E-state index is -3.86. The zero-order valence-electron chi connectivity index (χ0n) is 17.1. The first-order chi connectivity index (χ1) is 14.9. The zero-order chi connectivity index (χ0) is 21.6. The van der Waals surface area contributed by atoms with Gasteiger partial charge in [-0.05, 0) is 55.2 Å². The monoisotopic (exact) mass is 438 g/mol. The summed E-state index contributed by atoms with van der Waals surface area (Å²) in [5.74, 6) is -0.552. The van der Waals surface area contributed by atoms with Gasteiger partial charge in [0.15, 0.2) is 0 Å². The number of sulfonamides is 1. The van der Waals surface area contributed by atoms with Gasteiger partial charge in [-0.15, -0.1) is 0 Å². The maximum absolute atomic E-state index is 14.2. The van der Waals surface area contributed by atoms with Gasteiger partial charge >= 0.3 is 0 Å². The van der Waals surface area contributed by atoms with Gasteiger partial charge in [0.2, 0.25) is 10.0 Å². The third-order valence-electron chi connectivity index (χ3n) is 6.08. The number of fused-ring (bicyclic) bond motifs is 1. The number of H-pyrrole nitrogens is 1. The Balaban J connectivity index is 1.37. The quantitative estimate of drug-likeness (QED) is 0.506. The summed E-state index contributed by atoms with van der Waals surface area (Å²) in [5.41, 5.74) is 3.24. The van der Waals surface area contributed by atoms with Gasteiger partial charge in [0.25, 0.3) is 0 Å². The Hall–Kier alpha value is -2.97. The third-order valence-corrected chi connectivity index (χ3v) is 8.10. The van der Waals surface area contributed by atoms with E-state index in [0.29, 0.717) is 13.1 Å². The molecule has 8 heteroatoms. The number of hydrogen-bond acceptors (Lipinski definition) is 3. The molecule has 1 N–H and O–H groups in total. The predicted molar refractivity (Wildman–Crippen MR) is 117 cm³/mol. The molecule has 1 saturated heterocycles. The highest BCUT2D eigenvalue weighted by molar-refractivity contribution is 7.89. The van der Waals surface area contributed by atoms with Crippen LogP contribution in [0.3, 0.4) is 0 Å². The van der Waals surface area contributed by atoms with E-state index in [1.807, 2.05) is 19.3 Å². The van der Waals surface area contributed by atoms with Gasteiger partial charge in [0, 0.05) is 48.0 Å². The van der Waals surface area contributed by atoms with Crippen LogP contribution in [0.1, 0.15) is 13.3 Å². The molecule has 1 aliphatic heterocycles. The highest BCUT2D eigenvalue weighted by Crippen LogP contribution is 2.32. The van der Waals surface area contributed by atoms with Crippen LogP contribution in [-0.2, 0) is 16.6 Å². The Labute approximate surface area is 180 Å². The van der Waals surface area contributed by atoms with Crippen molar-refractivity contribution in [3.63, 3.8) is 0 Å². The number of aromatic nitrogens is 3. The van der Waals surface area contributed by atoms with Gasteiger partial charge in [-0.3, -0.25) is 5.10 Å². The fraction of sp³-hybridized carbons (Fsp3) is 0.261. The highest BCUT2D eigenvalue weighted by Gasteiger charge is 2.39. The van der Waals surface area contributed by atoms with Crippen molar-refractivity contribution in [1.82, 2.24) is 19.1 Å². The van der Waals surface area contributed by atoms with E-state index in [0.717, 1.165) is 28.5 Å². The van der Waals surface area contributed by atoms with Crippen LogP contribution in [0.4, 0.5) is 4.39 Å². The van der Waals surface area contributed by atoms with Crippen LogP contribution in [0.2, 0.25) is 0 Å². The van der Waals surface area contributed by atoms with Crippen LogP contribution < -0.4 is 0 Å². The van der Waals surface area contributed by atoms with E-state index >= 15 is 0 Å². The summed E-state index contributed by atoms with van der Waals surface area (Å²) >= 11 is 0. The minimum Gasteiger partial charge on any atom is -0.347 e. The van der Waals surface area contributed by atoms with Crippen molar-refractivity contribution in [3.05, 3.63) is 72.9 Å². The van der Waals surface area contributed by atoms with Gasteiger partial charge in [-0.1, -0.05) is 18.2 Å². The SMILES string of the molecule is C[C@H]1C[C@@H](Cn2ccc3cc(-c4cn[nH]c4)ccc32)CN1S(=O)(=O)c1ccccc1F. The smallest absolute Gasteiger partial charge is 0.246 e. The fourth-order valence-corrected chi connectivity index (χ4v) is 6.37. The standard InChI is InChI=1S/C23H23FN4O2S/c1-16-10-17(15-28(16)31(29,30)23-5-3-2-4-21(23)24)14-27-9-8-19-11-18(6-7-22(19)27)20-12-25-26-13-20/h2-9,11-13,16-17H,10,14-15H2,1H3,(H,25,26)/t16-,17-/m0/s1. The average Bonchev–Trinajstić information content (AvgIpc) is 3.49. The lowest BCUT2D eigenvalue weighted by Gasteiger charge is -2.21. The second-order valence-electron chi connectivity index (χ2n) is 8.18. The lowest BCUT2D eigenvalue weighted by Crippen LogP contribution is -2.34. The molecule has 160 valence electrons. The molecule has 3 heterocycles. The molecule has 2 aromatic carbocycles. The molecule has 0 spiro atoms. The van der Waals surface area contributed by atoms with Crippen LogP contribution in [0.5, 0.6) is 0 Å². The number of hydrogen-bond donors (Lipinski definition) is 1. The summed E-state index contributed by atoms with van der Waals surface area (Å²) in [4.78, 5) is -0.249. The molecule has 1 fully saturated rings. The molecule has 5 rings (SSSR count). The molecule has 0 aliphatic carbocycles. The normalized spacial score (nSPS) is 19.9. The number of aromatic amines is 1. The number of halogens is 1. The fourth-order valence-electron chi connectivity index (χ4n) is 4.58. The summed E-state index contributed by atoms with van der Waals surface area (Å²) in [6, 6.07) is 13.8. The van der Waals surface area contributed by atoms with Crippen molar-refractivity contribution in [2.75, 3.05) is 6.54 Å². The maximum Gasteiger partial charge on any atom is 0.246 e. The van der Waals surface area contributed by atoms with Crippen molar-refractivity contribution in [2.24, 2.45) is 5.92 Å². The highest BCUT2D eigenvalue weighted by atomic mass is 32.2. The van der Waals surface area contributed by atoms with E-state index < -0.39 is 15.8 Å². The van der Waals surface area contributed by atoms with Crippen molar-refractivity contribution < 1.29 is 12.8 Å². The average molecular weight is 439 g/mol. The summed E-state index contributed by atoms with van der Waals surface area (Å²) in [6.07, 6.45) is 6.44. The second kappa shape index (κ2) is 7.62. The number of rotatable bonds is 5. The van der Waals surface area contributed by atoms with Crippen LogP contribution in [-0.4, -0.2) is 40.1 Å². The maximum atomic E-state index is 14.2. The molecule has 0 amide bonds. The summed E-state index contributed by atoms with van der Waals surface area (Å²) in [6.45, 7) is 2.98. The van der Waals surface area contributed by atoms with Gasteiger partial charge in [0.05, 0.1) is 6.20 Å². The Kier molecular flexibility index (Phi) is 4.91. The molecule has 2 aromatic heterocycles. The Morgan fingerprint density at radius 1 is 1.16 bits per heavy atom. The van der Waals surface area contributed by atoms with Crippen molar-refractivity contribution in [3.8, 4) is 11.1 Å². The Morgan fingerprint density at radius 3 is 2.77 bits per heavy atom. The van der Waals surface area contributed by atoms with E-state index in [9.17, 15) is 12.8 Å². The molecule has 6 nitrogen and oxygen atoms in total. The van der Waals surface area contributed by atoms with Crippen molar-refractivity contribution in [1.29, 1.82) is 0 Å². The largest absolute Gasteiger partial charge is 0.347 e. The van der Waals surface area contributed by atoms with Crippen LogP contribution in [0.15, 0.2) is 72.0 Å². The number of benzene rings is 2. The Morgan fingerprint density at radius 2 is 2.00 bits per heavy atom. The Bertz CT molecular complexity index is 1330.